The summed E-state index contributed by atoms with van der Waals surface area (Å²) in [7, 11) is 0. The molecule has 0 saturated heterocycles. The van der Waals surface area contributed by atoms with Gasteiger partial charge in [0.15, 0.2) is 0 Å². The SMILES string of the molecule is C=C1C(CC)=NCC1(C)C. The molecule has 1 aliphatic rings. The Bertz CT molecular complexity index is 187. The average Bonchev–Trinajstić information content (AvgIpc) is 2.10. The molecule has 0 saturated carbocycles. The normalized spacial score (nSPS) is 23.1. The van der Waals surface area contributed by atoms with E-state index in [1.54, 1.807) is 0 Å². The number of hydrogen-bond acceptors (Lipinski definition) is 1. The Morgan fingerprint density at radius 2 is 2.20 bits per heavy atom. The van der Waals surface area contributed by atoms with E-state index in [9.17, 15) is 0 Å². The van der Waals surface area contributed by atoms with Gasteiger partial charge in [0.2, 0.25) is 0 Å². The fourth-order valence-electron chi connectivity index (χ4n) is 1.20. The van der Waals surface area contributed by atoms with Crippen LogP contribution in [0, 0.1) is 5.41 Å². The van der Waals surface area contributed by atoms with Crippen LogP contribution in [-0.2, 0) is 0 Å². The molecule has 0 amide bonds. The lowest BCUT2D eigenvalue weighted by atomic mass is 9.85. The molecular weight excluding hydrogens is 122 g/mol. The average molecular weight is 137 g/mol. The number of aliphatic imine (C=N–C) groups is 1. The molecule has 0 aromatic carbocycles. The van der Waals surface area contributed by atoms with Crippen molar-refractivity contribution < 1.29 is 0 Å². The van der Waals surface area contributed by atoms with Gasteiger partial charge in [0.05, 0.1) is 0 Å². The highest BCUT2D eigenvalue weighted by Crippen LogP contribution is 2.32. The molecule has 0 aliphatic carbocycles. The summed E-state index contributed by atoms with van der Waals surface area (Å²) in [6, 6.07) is 0. The third-order valence-corrected chi connectivity index (χ3v) is 2.17. The molecule has 1 rings (SSSR count). The topological polar surface area (TPSA) is 12.4 Å². The lowest BCUT2D eigenvalue weighted by molar-refractivity contribution is 0.501. The minimum absolute atomic E-state index is 0.228. The molecule has 0 radical (unpaired) electrons. The van der Waals surface area contributed by atoms with Gasteiger partial charge < -0.3 is 0 Å². The van der Waals surface area contributed by atoms with Crippen LogP contribution in [0.2, 0.25) is 0 Å². The van der Waals surface area contributed by atoms with Crippen molar-refractivity contribution in [3.8, 4) is 0 Å². The molecule has 0 fully saturated rings. The summed E-state index contributed by atoms with van der Waals surface area (Å²) in [6.07, 6.45) is 1.03. The monoisotopic (exact) mass is 137 g/mol. The van der Waals surface area contributed by atoms with E-state index in [2.05, 4.69) is 32.3 Å². The highest BCUT2D eigenvalue weighted by molar-refractivity contribution is 6.02. The molecule has 1 aliphatic heterocycles. The second-order valence-corrected chi connectivity index (χ2v) is 3.48. The van der Waals surface area contributed by atoms with Gasteiger partial charge in [-0.05, 0) is 12.0 Å². The smallest absolute Gasteiger partial charge is 0.0484 e. The number of rotatable bonds is 1. The first-order chi connectivity index (χ1) is 4.58. The van der Waals surface area contributed by atoms with Crippen molar-refractivity contribution in [3.05, 3.63) is 12.2 Å². The summed E-state index contributed by atoms with van der Waals surface area (Å²) in [5.41, 5.74) is 2.67. The molecular formula is C9H15N. The van der Waals surface area contributed by atoms with Crippen LogP contribution in [0.5, 0.6) is 0 Å². The maximum Gasteiger partial charge on any atom is 0.0484 e. The van der Waals surface area contributed by atoms with Gasteiger partial charge in [-0.2, -0.15) is 0 Å². The molecule has 0 aromatic heterocycles. The molecule has 0 atom stereocenters. The van der Waals surface area contributed by atoms with E-state index in [0.29, 0.717) is 0 Å². The van der Waals surface area contributed by atoms with E-state index < -0.39 is 0 Å². The lowest BCUT2D eigenvalue weighted by Crippen LogP contribution is -2.15. The van der Waals surface area contributed by atoms with Crippen molar-refractivity contribution >= 4 is 5.71 Å². The predicted molar refractivity (Wildman–Crippen MR) is 45.5 cm³/mol. The Hall–Kier alpha value is -0.590. The zero-order chi connectivity index (χ0) is 7.78. The first-order valence-electron chi connectivity index (χ1n) is 3.81. The van der Waals surface area contributed by atoms with Crippen LogP contribution in [0.1, 0.15) is 27.2 Å². The van der Waals surface area contributed by atoms with E-state index in [0.717, 1.165) is 13.0 Å². The van der Waals surface area contributed by atoms with Gasteiger partial charge in [-0.15, -0.1) is 0 Å². The van der Waals surface area contributed by atoms with Crippen molar-refractivity contribution in [1.82, 2.24) is 0 Å². The fourth-order valence-corrected chi connectivity index (χ4v) is 1.20. The minimum Gasteiger partial charge on any atom is -0.289 e. The van der Waals surface area contributed by atoms with Gasteiger partial charge in [0.1, 0.15) is 0 Å². The summed E-state index contributed by atoms with van der Waals surface area (Å²) in [6.45, 7) is 11.5. The Morgan fingerprint density at radius 3 is 2.40 bits per heavy atom. The quantitative estimate of drug-likeness (QED) is 0.526. The maximum absolute atomic E-state index is 4.41. The zero-order valence-electron chi connectivity index (χ0n) is 7.07. The highest BCUT2D eigenvalue weighted by atomic mass is 14.8. The van der Waals surface area contributed by atoms with Crippen LogP contribution in [0.4, 0.5) is 0 Å². The Balaban J connectivity index is 2.80. The first-order valence-corrected chi connectivity index (χ1v) is 3.81. The Kier molecular flexibility index (Phi) is 1.67. The molecule has 0 N–H and O–H groups in total. The van der Waals surface area contributed by atoms with Crippen molar-refractivity contribution in [1.29, 1.82) is 0 Å². The largest absolute Gasteiger partial charge is 0.289 e. The van der Waals surface area contributed by atoms with Gasteiger partial charge in [-0.3, -0.25) is 4.99 Å². The van der Waals surface area contributed by atoms with E-state index in [1.807, 2.05) is 0 Å². The molecule has 1 nitrogen and oxygen atoms in total. The lowest BCUT2D eigenvalue weighted by Gasteiger charge is -2.17. The summed E-state index contributed by atoms with van der Waals surface area (Å²) in [5, 5.41) is 0. The molecule has 1 heterocycles. The van der Waals surface area contributed by atoms with Crippen LogP contribution in [0.3, 0.4) is 0 Å². The van der Waals surface area contributed by atoms with Crippen molar-refractivity contribution in [3.63, 3.8) is 0 Å². The van der Waals surface area contributed by atoms with E-state index >= 15 is 0 Å². The van der Waals surface area contributed by atoms with Crippen LogP contribution in [0.25, 0.3) is 0 Å². The van der Waals surface area contributed by atoms with E-state index in [1.165, 1.54) is 11.3 Å². The van der Waals surface area contributed by atoms with Gasteiger partial charge in [-0.1, -0.05) is 27.4 Å². The Morgan fingerprint density at radius 1 is 1.60 bits per heavy atom. The zero-order valence-corrected chi connectivity index (χ0v) is 7.07. The molecule has 0 spiro atoms. The standard InChI is InChI=1S/C9H15N/c1-5-8-7(2)9(3,4)6-10-8/h2,5-6H2,1,3-4H3. The number of hydrogen-bond donors (Lipinski definition) is 0. The third kappa shape index (κ3) is 1.00. The van der Waals surface area contributed by atoms with Crippen LogP contribution >= 0.6 is 0 Å². The minimum atomic E-state index is 0.228. The molecule has 1 heteroatoms. The summed E-state index contributed by atoms with van der Waals surface area (Å²) >= 11 is 0. The highest BCUT2D eigenvalue weighted by Gasteiger charge is 2.29. The van der Waals surface area contributed by atoms with Gasteiger partial charge in [-0.25, -0.2) is 0 Å². The van der Waals surface area contributed by atoms with Gasteiger partial charge >= 0.3 is 0 Å². The molecule has 0 unspecified atom stereocenters. The van der Waals surface area contributed by atoms with Crippen molar-refractivity contribution in [2.75, 3.05) is 6.54 Å². The van der Waals surface area contributed by atoms with E-state index in [-0.39, 0.29) is 5.41 Å². The third-order valence-electron chi connectivity index (χ3n) is 2.17. The first kappa shape index (κ1) is 7.52. The van der Waals surface area contributed by atoms with E-state index in [4.69, 9.17) is 0 Å². The van der Waals surface area contributed by atoms with Crippen molar-refractivity contribution in [2.24, 2.45) is 10.4 Å². The van der Waals surface area contributed by atoms with Crippen molar-refractivity contribution in [2.45, 2.75) is 27.2 Å². The number of nitrogens with zero attached hydrogens (tertiary/aromatic N) is 1. The summed E-state index contributed by atoms with van der Waals surface area (Å²) in [5.74, 6) is 0. The maximum atomic E-state index is 4.41. The summed E-state index contributed by atoms with van der Waals surface area (Å²) in [4.78, 5) is 4.41. The van der Waals surface area contributed by atoms with Crippen LogP contribution < -0.4 is 0 Å². The molecule has 0 bridgehead atoms. The second-order valence-electron chi connectivity index (χ2n) is 3.48. The Labute approximate surface area is 62.9 Å². The van der Waals surface area contributed by atoms with Crippen LogP contribution in [0.15, 0.2) is 17.1 Å². The van der Waals surface area contributed by atoms with Gasteiger partial charge in [0, 0.05) is 17.7 Å². The fraction of sp³-hybridized carbons (Fsp3) is 0.667. The van der Waals surface area contributed by atoms with Crippen LogP contribution in [-0.4, -0.2) is 12.3 Å². The second kappa shape index (κ2) is 2.22. The van der Waals surface area contributed by atoms with Gasteiger partial charge in [0.25, 0.3) is 0 Å². The molecule has 10 heavy (non-hydrogen) atoms. The molecule has 0 aromatic rings. The summed E-state index contributed by atoms with van der Waals surface area (Å²) < 4.78 is 0. The molecule has 56 valence electrons. The predicted octanol–water partition coefficient (Wildman–Crippen LogP) is 2.43.